The summed E-state index contributed by atoms with van der Waals surface area (Å²) in [5, 5.41) is 3.39. The van der Waals surface area contributed by atoms with E-state index in [-0.39, 0.29) is 5.82 Å². The Kier molecular flexibility index (Phi) is 2.17. The molecule has 2 atom stereocenters. The van der Waals surface area contributed by atoms with Crippen LogP contribution in [0.5, 0.6) is 0 Å². The van der Waals surface area contributed by atoms with E-state index in [1.54, 1.807) is 6.07 Å². The molecule has 0 bridgehead atoms. The highest BCUT2D eigenvalue weighted by atomic mass is 19.1. The molecule has 1 saturated heterocycles. The Labute approximate surface area is 93.1 Å². The molecule has 2 N–H and O–H groups in total. The van der Waals surface area contributed by atoms with Crippen molar-refractivity contribution in [2.45, 2.75) is 25.3 Å². The summed E-state index contributed by atoms with van der Waals surface area (Å²) >= 11 is 0. The van der Waals surface area contributed by atoms with Crippen molar-refractivity contribution in [3.05, 3.63) is 29.8 Å². The van der Waals surface area contributed by atoms with Crippen molar-refractivity contribution in [1.29, 1.82) is 0 Å². The number of aromatic amines is 1. The fourth-order valence-electron chi connectivity index (χ4n) is 2.41. The lowest BCUT2D eigenvalue weighted by molar-refractivity contribution is 0.574. The van der Waals surface area contributed by atoms with Crippen molar-refractivity contribution >= 4 is 11.0 Å². The van der Waals surface area contributed by atoms with Crippen LogP contribution in [0.3, 0.4) is 0 Å². The maximum atomic E-state index is 13.0. The predicted molar refractivity (Wildman–Crippen MR) is 60.9 cm³/mol. The van der Waals surface area contributed by atoms with E-state index >= 15 is 0 Å². The van der Waals surface area contributed by atoms with Crippen molar-refractivity contribution in [1.82, 2.24) is 15.3 Å². The van der Waals surface area contributed by atoms with Crippen LogP contribution in [0.4, 0.5) is 4.39 Å². The average Bonchev–Trinajstić information content (AvgIpc) is 2.82. The third-order valence-corrected chi connectivity index (χ3v) is 3.34. The van der Waals surface area contributed by atoms with Gasteiger partial charge in [0.15, 0.2) is 0 Å². The minimum absolute atomic E-state index is 0.222. The standard InChI is InChI=1S/C12H14FN3/c1-7-9(4-5-14-7)12-15-10-3-2-8(13)6-11(10)16-12/h2-3,6-7,9,14H,4-5H2,1H3,(H,15,16). The van der Waals surface area contributed by atoms with Crippen molar-refractivity contribution in [2.75, 3.05) is 6.54 Å². The summed E-state index contributed by atoms with van der Waals surface area (Å²) in [5.74, 6) is 1.16. The fourth-order valence-corrected chi connectivity index (χ4v) is 2.41. The lowest BCUT2D eigenvalue weighted by Crippen LogP contribution is -2.22. The Hall–Kier alpha value is -1.42. The zero-order valence-electron chi connectivity index (χ0n) is 9.13. The van der Waals surface area contributed by atoms with E-state index in [0.29, 0.717) is 12.0 Å². The third-order valence-electron chi connectivity index (χ3n) is 3.34. The first kappa shape index (κ1) is 9.78. The van der Waals surface area contributed by atoms with Crippen LogP contribution in [0.15, 0.2) is 18.2 Å². The predicted octanol–water partition coefficient (Wildman–Crippen LogP) is 2.17. The van der Waals surface area contributed by atoms with Crippen LogP contribution in [0.2, 0.25) is 0 Å². The van der Waals surface area contributed by atoms with Crippen LogP contribution >= 0.6 is 0 Å². The van der Waals surface area contributed by atoms with Gasteiger partial charge in [0.25, 0.3) is 0 Å². The molecule has 0 saturated carbocycles. The summed E-state index contributed by atoms with van der Waals surface area (Å²) in [5.41, 5.74) is 1.63. The number of halogens is 1. The van der Waals surface area contributed by atoms with E-state index in [4.69, 9.17) is 0 Å². The summed E-state index contributed by atoms with van der Waals surface area (Å²) in [6.45, 7) is 3.18. The van der Waals surface area contributed by atoms with E-state index in [1.165, 1.54) is 12.1 Å². The van der Waals surface area contributed by atoms with Crippen LogP contribution in [0.25, 0.3) is 11.0 Å². The second kappa shape index (κ2) is 3.56. The zero-order chi connectivity index (χ0) is 11.1. The first-order valence-electron chi connectivity index (χ1n) is 5.62. The summed E-state index contributed by atoms with van der Waals surface area (Å²) in [6, 6.07) is 5.10. The van der Waals surface area contributed by atoms with Gasteiger partial charge in [-0.3, -0.25) is 0 Å². The van der Waals surface area contributed by atoms with E-state index in [1.807, 2.05) is 0 Å². The van der Waals surface area contributed by atoms with Crippen LogP contribution in [-0.2, 0) is 0 Å². The van der Waals surface area contributed by atoms with Gasteiger partial charge in [-0.25, -0.2) is 9.37 Å². The molecule has 1 aliphatic heterocycles. The largest absolute Gasteiger partial charge is 0.342 e. The van der Waals surface area contributed by atoms with E-state index in [2.05, 4.69) is 22.2 Å². The minimum Gasteiger partial charge on any atom is -0.342 e. The van der Waals surface area contributed by atoms with Crippen LogP contribution in [-0.4, -0.2) is 22.6 Å². The van der Waals surface area contributed by atoms with Gasteiger partial charge in [0.05, 0.1) is 11.0 Å². The first-order valence-corrected chi connectivity index (χ1v) is 5.62. The van der Waals surface area contributed by atoms with Gasteiger partial charge >= 0.3 is 0 Å². The molecular formula is C12H14FN3. The number of aromatic nitrogens is 2. The normalized spacial score (nSPS) is 25.4. The number of hydrogen-bond acceptors (Lipinski definition) is 2. The Morgan fingerprint density at radius 3 is 3.06 bits per heavy atom. The lowest BCUT2D eigenvalue weighted by atomic mass is 10.0. The highest BCUT2D eigenvalue weighted by molar-refractivity contribution is 5.75. The van der Waals surface area contributed by atoms with Gasteiger partial charge < -0.3 is 10.3 Å². The van der Waals surface area contributed by atoms with E-state index in [9.17, 15) is 4.39 Å². The van der Waals surface area contributed by atoms with Gasteiger partial charge in [-0.15, -0.1) is 0 Å². The number of nitrogens with one attached hydrogen (secondary N) is 2. The van der Waals surface area contributed by atoms with Crippen LogP contribution < -0.4 is 5.32 Å². The molecule has 4 heteroatoms. The second-order valence-electron chi connectivity index (χ2n) is 4.42. The summed E-state index contributed by atoms with van der Waals surface area (Å²) in [6.07, 6.45) is 1.09. The van der Waals surface area contributed by atoms with Gasteiger partial charge in [-0.1, -0.05) is 0 Å². The number of hydrogen-bond donors (Lipinski definition) is 2. The number of imidazole rings is 1. The topological polar surface area (TPSA) is 40.7 Å². The van der Waals surface area contributed by atoms with Gasteiger partial charge in [-0.05, 0) is 38.1 Å². The van der Waals surface area contributed by atoms with Gasteiger partial charge in [-0.2, -0.15) is 0 Å². The summed E-state index contributed by atoms with van der Waals surface area (Å²) in [4.78, 5) is 7.74. The maximum absolute atomic E-state index is 13.0. The molecule has 1 aromatic heterocycles. The maximum Gasteiger partial charge on any atom is 0.125 e. The van der Waals surface area contributed by atoms with Crippen molar-refractivity contribution < 1.29 is 4.39 Å². The zero-order valence-corrected chi connectivity index (χ0v) is 9.13. The molecule has 0 spiro atoms. The van der Waals surface area contributed by atoms with E-state index in [0.717, 1.165) is 29.8 Å². The molecule has 3 rings (SSSR count). The quantitative estimate of drug-likeness (QED) is 0.771. The molecule has 0 amide bonds. The smallest absolute Gasteiger partial charge is 0.125 e. The molecule has 1 aliphatic rings. The number of rotatable bonds is 1. The Balaban J connectivity index is 2.04. The van der Waals surface area contributed by atoms with Crippen molar-refractivity contribution in [3.63, 3.8) is 0 Å². The Morgan fingerprint density at radius 1 is 1.44 bits per heavy atom. The summed E-state index contributed by atoms with van der Waals surface area (Å²) in [7, 11) is 0. The molecule has 1 fully saturated rings. The highest BCUT2D eigenvalue weighted by Crippen LogP contribution is 2.27. The molecule has 2 unspecified atom stereocenters. The number of nitrogens with zero attached hydrogens (tertiary/aromatic N) is 1. The lowest BCUT2D eigenvalue weighted by Gasteiger charge is -2.11. The first-order chi connectivity index (χ1) is 7.74. The second-order valence-corrected chi connectivity index (χ2v) is 4.42. The average molecular weight is 219 g/mol. The number of fused-ring (bicyclic) bond motifs is 1. The summed E-state index contributed by atoms with van der Waals surface area (Å²) < 4.78 is 13.0. The molecule has 2 heterocycles. The fraction of sp³-hybridized carbons (Fsp3) is 0.417. The van der Waals surface area contributed by atoms with Crippen LogP contribution in [0.1, 0.15) is 25.1 Å². The number of benzene rings is 1. The van der Waals surface area contributed by atoms with Crippen LogP contribution in [0, 0.1) is 5.82 Å². The Morgan fingerprint density at radius 2 is 2.31 bits per heavy atom. The minimum atomic E-state index is -0.222. The third kappa shape index (κ3) is 1.50. The highest BCUT2D eigenvalue weighted by Gasteiger charge is 2.26. The Bertz CT molecular complexity index is 520. The molecule has 2 aromatic rings. The molecule has 1 aromatic carbocycles. The monoisotopic (exact) mass is 219 g/mol. The van der Waals surface area contributed by atoms with E-state index < -0.39 is 0 Å². The van der Waals surface area contributed by atoms with Gasteiger partial charge in [0, 0.05) is 12.0 Å². The van der Waals surface area contributed by atoms with Gasteiger partial charge in [0.1, 0.15) is 11.6 Å². The molecule has 84 valence electrons. The SMILES string of the molecule is CC1NCCC1c1nc2ccc(F)cc2[nH]1. The molecule has 0 radical (unpaired) electrons. The van der Waals surface area contributed by atoms with Crippen molar-refractivity contribution in [3.8, 4) is 0 Å². The van der Waals surface area contributed by atoms with Crippen molar-refractivity contribution in [2.24, 2.45) is 0 Å². The number of H-pyrrole nitrogens is 1. The van der Waals surface area contributed by atoms with Gasteiger partial charge in [0.2, 0.25) is 0 Å². The molecule has 16 heavy (non-hydrogen) atoms. The molecule has 3 nitrogen and oxygen atoms in total. The molecular weight excluding hydrogens is 205 g/mol. The molecule has 0 aliphatic carbocycles.